The third kappa shape index (κ3) is 8.07. The van der Waals surface area contributed by atoms with Crippen LogP contribution in [0.2, 0.25) is 0 Å². The first-order valence-electron chi connectivity index (χ1n) is 14.1. The van der Waals surface area contributed by atoms with Crippen molar-refractivity contribution in [3.63, 3.8) is 0 Å². The van der Waals surface area contributed by atoms with Crippen molar-refractivity contribution in [2.45, 2.75) is 19.1 Å². The Morgan fingerprint density at radius 3 is 2.37 bits per heavy atom. The quantitative estimate of drug-likeness (QED) is 0.196. The van der Waals surface area contributed by atoms with Crippen LogP contribution in [0.25, 0.3) is 10.9 Å². The van der Waals surface area contributed by atoms with E-state index in [2.05, 4.69) is 39.4 Å². The van der Waals surface area contributed by atoms with E-state index in [1.165, 1.54) is 12.1 Å². The highest BCUT2D eigenvalue weighted by molar-refractivity contribution is 6.11. The third-order valence-corrected chi connectivity index (χ3v) is 7.35. The van der Waals surface area contributed by atoms with Crippen LogP contribution in [0.1, 0.15) is 27.9 Å². The summed E-state index contributed by atoms with van der Waals surface area (Å²) >= 11 is 0. The summed E-state index contributed by atoms with van der Waals surface area (Å²) in [7, 11) is 11.2. The molecule has 0 bridgehead atoms. The molecular weight excluding hydrogens is 554 g/mol. The van der Waals surface area contributed by atoms with Gasteiger partial charge in [-0.1, -0.05) is 6.07 Å². The smallest absolute Gasteiger partial charge is 0.258 e. The molecule has 1 unspecified atom stereocenters. The van der Waals surface area contributed by atoms with Gasteiger partial charge in [0.05, 0.1) is 23.4 Å². The van der Waals surface area contributed by atoms with Crippen molar-refractivity contribution in [2.24, 2.45) is 0 Å². The van der Waals surface area contributed by atoms with Crippen LogP contribution in [0, 0.1) is 11.6 Å². The van der Waals surface area contributed by atoms with Crippen molar-refractivity contribution in [1.82, 2.24) is 15.1 Å². The van der Waals surface area contributed by atoms with Gasteiger partial charge in [-0.2, -0.15) is 5.10 Å². The second-order valence-electron chi connectivity index (χ2n) is 10.9. The first kappa shape index (κ1) is 31.9. The number of benzene rings is 3. The minimum atomic E-state index is -0.625. The summed E-state index contributed by atoms with van der Waals surface area (Å²) in [5.74, 6) is -1.24. The molecule has 4 aromatic rings. The van der Waals surface area contributed by atoms with Crippen LogP contribution >= 0.6 is 0 Å². The number of methoxy groups -OCH3 is 2. The first-order valence-corrected chi connectivity index (χ1v) is 14.1. The van der Waals surface area contributed by atoms with E-state index in [1.807, 2.05) is 49.3 Å². The molecule has 0 fully saturated rings. The molecule has 1 aromatic heterocycles. The zero-order chi connectivity index (χ0) is 31.1. The topological polar surface area (TPSA) is 86.0 Å². The van der Waals surface area contributed by atoms with Crippen molar-refractivity contribution in [2.75, 3.05) is 77.2 Å². The van der Waals surface area contributed by atoms with Crippen LogP contribution < -0.4 is 15.1 Å². The van der Waals surface area contributed by atoms with Crippen LogP contribution in [0.4, 0.5) is 26.0 Å². The number of hydrogen-bond acceptors (Lipinski definition) is 7. The second kappa shape index (κ2) is 14.4. The minimum Gasteiger partial charge on any atom is -0.380 e. The van der Waals surface area contributed by atoms with Crippen LogP contribution in [0.15, 0.2) is 54.6 Å². The van der Waals surface area contributed by atoms with E-state index >= 15 is 0 Å². The molecule has 3 aromatic carbocycles. The predicted molar refractivity (Wildman–Crippen MR) is 167 cm³/mol. The number of carbonyl (C=O) groups is 1. The third-order valence-electron chi connectivity index (χ3n) is 7.35. The van der Waals surface area contributed by atoms with Crippen molar-refractivity contribution in [3.8, 4) is 0 Å². The van der Waals surface area contributed by atoms with Gasteiger partial charge in [-0.15, -0.1) is 0 Å². The summed E-state index contributed by atoms with van der Waals surface area (Å²) in [5.41, 5.74) is 4.12. The van der Waals surface area contributed by atoms with Gasteiger partial charge in [-0.05, 0) is 87.1 Å². The number of fused-ring (bicyclic) bond motifs is 1. The Balaban J connectivity index is 1.62. The number of nitrogens with zero attached hydrogens (tertiary/aromatic N) is 4. The Hall–Kier alpha value is -4.06. The average Bonchev–Trinajstić information content (AvgIpc) is 3.36. The molecule has 1 amide bonds. The lowest BCUT2D eigenvalue weighted by Gasteiger charge is -2.31. The Morgan fingerprint density at radius 1 is 0.953 bits per heavy atom. The minimum absolute atomic E-state index is 0.305. The summed E-state index contributed by atoms with van der Waals surface area (Å²) in [6, 6.07) is 14.7. The summed E-state index contributed by atoms with van der Waals surface area (Å²) in [6.45, 7) is 2.12. The number of likely N-dealkylation sites (N-methyl/N-ethyl adjacent to an activating group) is 1. The van der Waals surface area contributed by atoms with Gasteiger partial charge in [0.25, 0.3) is 5.91 Å². The number of rotatable bonds is 14. The lowest BCUT2D eigenvalue weighted by atomic mass is 10.0. The molecule has 0 radical (unpaired) electrons. The maximum atomic E-state index is 13.8. The molecule has 0 saturated heterocycles. The Bertz CT molecular complexity index is 1520. The standard InChI is InChI=1S/C32H40F2N6O3/c1-38(2)12-7-13-39(3)25-9-10-26(29(19-25)40(4)30(43-6)20-42-5)32(41)35-31-27-17-21(8-11-28(27)36-37-31)14-22-15-23(33)18-24(34)16-22/h8-11,15-19,30H,7,12-14,20H2,1-6H3,(H2,35,36,37,41). The summed E-state index contributed by atoms with van der Waals surface area (Å²) < 4.78 is 38.5. The van der Waals surface area contributed by atoms with Gasteiger partial charge in [-0.25, -0.2) is 8.78 Å². The monoisotopic (exact) mass is 594 g/mol. The van der Waals surface area contributed by atoms with Gasteiger partial charge < -0.3 is 29.5 Å². The number of hydrogen-bond donors (Lipinski definition) is 2. The van der Waals surface area contributed by atoms with Crippen LogP contribution in [0.3, 0.4) is 0 Å². The molecule has 1 atom stereocenters. The lowest BCUT2D eigenvalue weighted by Crippen LogP contribution is -2.38. The fourth-order valence-electron chi connectivity index (χ4n) is 5.02. The number of halogens is 2. The lowest BCUT2D eigenvalue weighted by molar-refractivity contribution is 0.0294. The van der Waals surface area contributed by atoms with Gasteiger partial charge in [-0.3, -0.25) is 9.89 Å². The van der Waals surface area contributed by atoms with Crippen LogP contribution in [-0.2, 0) is 15.9 Å². The molecule has 4 rings (SSSR count). The van der Waals surface area contributed by atoms with E-state index in [0.717, 1.165) is 42.3 Å². The Labute approximate surface area is 251 Å². The van der Waals surface area contributed by atoms with Gasteiger partial charge in [0.15, 0.2) is 12.0 Å². The maximum Gasteiger partial charge on any atom is 0.258 e. The molecule has 9 nitrogen and oxygen atoms in total. The Kier molecular flexibility index (Phi) is 10.7. The number of aromatic nitrogens is 2. The number of nitrogens with one attached hydrogen (secondary N) is 2. The molecule has 0 aliphatic heterocycles. The van der Waals surface area contributed by atoms with Crippen LogP contribution in [-0.4, -0.2) is 89.3 Å². The van der Waals surface area contributed by atoms with Crippen LogP contribution in [0.5, 0.6) is 0 Å². The maximum absolute atomic E-state index is 13.8. The highest BCUT2D eigenvalue weighted by Gasteiger charge is 2.23. The van der Waals surface area contributed by atoms with Gasteiger partial charge in [0, 0.05) is 52.0 Å². The zero-order valence-corrected chi connectivity index (χ0v) is 25.6. The largest absolute Gasteiger partial charge is 0.380 e. The summed E-state index contributed by atoms with van der Waals surface area (Å²) in [6.07, 6.45) is 0.885. The van der Waals surface area contributed by atoms with Crippen molar-refractivity contribution < 1.29 is 23.0 Å². The van der Waals surface area contributed by atoms with Gasteiger partial charge in [0.1, 0.15) is 11.6 Å². The highest BCUT2D eigenvalue weighted by atomic mass is 19.1. The van der Waals surface area contributed by atoms with Crippen molar-refractivity contribution in [3.05, 3.63) is 82.9 Å². The van der Waals surface area contributed by atoms with E-state index in [1.54, 1.807) is 20.3 Å². The molecule has 2 N–H and O–H groups in total. The Morgan fingerprint density at radius 2 is 1.70 bits per heavy atom. The number of amides is 1. The van der Waals surface area contributed by atoms with Crippen molar-refractivity contribution >= 4 is 34.0 Å². The van der Waals surface area contributed by atoms with E-state index in [4.69, 9.17) is 9.47 Å². The zero-order valence-electron chi connectivity index (χ0n) is 25.6. The molecule has 43 heavy (non-hydrogen) atoms. The van der Waals surface area contributed by atoms with E-state index in [-0.39, 0.29) is 5.91 Å². The number of ether oxygens (including phenoxy) is 2. The fourth-order valence-corrected chi connectivity index (χ4v) is 5.02. The SMILES string of the molecule is COCC(OC)N(C)c1cc(N(C)CCCN(C)C)ccc1C(=O)Nc1n[nH]c2ccc(Cc3cc(F)cc(F)c3)cc12. The molecular formula is C32H40F2N6O3. The van der Waals surface area contributed by atoms with Crippen molar-refractivity contribution in [1.29, 1.82) is 0 Å². The molecule has 0 aliphatic carbocycles. The molecule has 0 spiro atoms. The number of carbonyl (C=O) groups excluding carboxylic acids is 1. The number of anilines is 3. The molecule has 1 heterocycles. The summed E-state index contributed by atoms with van der Waals surface area (Å²) in [4.78, 5) is 20.0. The molecule has 0 aliphatic rings. The average molecular weight is 595 g/mol. The molecule has 11 heteroatoms. The van der Waals surface area contributed by atoms with E-state index < -0.39 is 17.9 Å². The second-order valence-corrected chi connectivity index (χ2v) is 10.9. The number of aromatic amines is 1. The fraction of sp³-hybridized carbons (Fsp3) is 0.375. The predicted octanol–water partition coefficient (Wildman–Crippen LogP) is 5.13. The van der Waals surface area contributed by atoms with E-state index in [0.29, 0.717) is 41.0 Å². The molecule has 230 valence electrons. The summed E-state index contributed by atoms with van der Waals surface area (Å²) in [5, 5.41) is 10.9. The highest BCUT2D eigenvalue weighted by Crippen LogP contribution is 2.30. The molecule has 0 saturated carbocycles. The normalized spacial score (nSPS) is 12.1. The number of H-pyrrole nitrogens is 1. The van der Waals surface area contributed by atoms with Gasteiger partial charge in [0.2, 0.25) is 0 Å². The van der Waals surface area contributed by atoms with Gasteiger partial charge >= 0.3 is 0 Å². The van der Waals surface area contributed by atoms with E-state index in [9.17, 15) is 13.6 Å². The first-order chi connectivity index (χ1) is 20.6.